The molecule has 0 amide bonds. The fourth-order valence-electron chi connectivity index (χ4n) is 3.21. The van der Waals surface area contributed by atoms with E-state index in [1.165, 1.54) is 16.0 Å². The summed E-state index contributed by atoms with van der Waals surface area (Å²) in [5.41, 5.74) is 10.4. The van der Waals surface area contributed by atoms with Crippen molar-refractivity contribution in [3.8, 4) is 5.75 Å². The van der Waals surface area contributed by atoms with E-state index in [1.807, 2.05) is 42.1 Å². The number of ether oxygens (including phenoxy) is 1. The summed E-state index contributed by atoms with van der Waals surface area (Å²) >= 11 is 1.83. The highest BCUT2D eigenvalue weighted by molar-refractivity contribution is 8.00. The highest BCUT2D eigenvalue weighted by Gasteiger charge is 2.39. The van der Waals surface area contributed by atoms with E-state index in [1.54, 1.807) is 7.11 Å². The van der Waals surface area contributed by atoms with Gasteiger partial charge in [0.05, 0.1) is 7.11 Å². The number of nitrogens with two attached hydrogens (primary N) is 1. The molecule has 0 fully saturated rings. The maximum atomic E-state index is 5.99. The summed E-state index contributed by atoms with van der Waals surface area (Å²) in [6, 6.07) is 24.9. The zero-order valence-corrected chi connectivity index (χ0v) is 14.8. The normalized spacial score (nSPS) is 18.4. The molecule has 0 spiro atoms. The first-order chi connectivity index (χ1) is 12.2. The summed E-state index contributed by atoms with van der Waals surface area (Å²) in [5, 5.41) is 3.74. The molecule has 4 rings (SSSR count). The van der Waals surface area contributed by atoms with Gasteiger partial charge in [0, 0.05) is 22.7 Å². The van der Waals surface area contributed by atoms with Crippen LogP contribution in [0.4, 0.5) is 11.4 Å². The summed E-state index contributed by atoms with van der Waals surface area (Å²) in [4.78, 5) is 0.927. The van der Waals surface area contributed by atoms with Crippen molar-refractivity contribution in [1.82, 2.24) is 0 Å². The molecule has 25 heavy (non-hydrogen) atoms. The molecule has 1 heterocycles. The minimum absolute atomic E-state index is 0.260. The van der Waals surface area contributed by atoms with Crippen molar-refractivity contribution in [2.75, 3.05) is 18.2 Å². The van der Waals surface area contributed by atoms with Gasteiger partial charge in [0.2, 0.25) is 0 Å². The number of hydrogen-bond donors (Lipinski definition) is 2. The van der Waals surface area contributed by atoms with Crippen LogP contribution in [0.25, 0.3) is 0 Å². The highest BCUT2D eigenvalue weighted by Crippen LogP contribution is 2.53. The number of anilines is 2. The van der Waals surface area contributed by atoms with Gasteiger partial charge < -0.3 is 15.8 Å². The van der Waals surface area contributed by atoms with Gasteiger partial charge in [-0.3, -0.25) is 0 Å². The summed E-state index contributed by atoms with van der Waals surface area (Å²) in [5.74, 6) is 0.864. The minimum atomic E-state index is -0.260. The van der Waals surface area contributed by atoms with E-state index in [0.717, 1.165) is 23.5 Å². The Morgan fingerprint density at radius 2 is 1.76 bits per heavy atom. The zero-order valence-electron chi connectivity index (χ0n) is 14.0. The number of thioether (sulfide) groups is 1. The number of nitrogens with one attached hydrogen (secondary N) is 1. The van der Waals surface area contributed by atoms with Crippen molar-refractivity contribution in [3.63, 3.8) is 0 Å². The lowest BCUT2D eigenvalue weighted by Gasteiger charge is -2.30. The van der Waals surface area contributed by atoms with Crippen LogP contribution in [0, 0.1) is 0 Å². The van der Waals surface area contributed by atoms with E-state index < -0.39 is 0 Å². The molecule has 0 aliphatic carbocycles. The number of hydrogen-bond acceptors (Lipinski definition) is 4. The van der Waals surface area contributed by atoms with Gasteiger partial charge in [0.1, 0.15) is 10.6 Å². The number of nitrogen functional groups attached to an aromatic ring is 1. The molecular weight excluding hydrogens is 328 g/mol. The van der Waals surface area contributed by atoms with Crippen LogP contribution < -0.4 is 15.8 Å². The van der Waals surface area contributed by atoms with Crippen LogP contribution >= 0.6 is 11.8 Å². The van der Waals surface area contributed by atoms with Gasteiger partial charge in [-0.25, -0.2) is 0 Å². The molecule has 3 nitrogen and oxygen atoms in total. The molecular formula is C21H20N2OS. The molecule has 0 saturated heterocycles. The van der Waals surface area contributed by atoms with Gasteiger partial charge in [-0.05, 0) is 41.5 Å². The molecule has 1 aliphatic heterocycles. The first-order valence-electron chi connectivity index (χ1n) is 8.24. The van der Waals surface area contributed by atoms with Crippen molar-refractivity contribution >= 4 is 23.1 Å². The van der Waals surface area contributed by atoms with E-state index in [0.29, 0.717) is 0 Å². The average Bonchev–Trinajstić information content (AvgIpc) is 3.01. The Kier molecular flexibility index (Phi) is 4.06. The van der Waals surface area contributed by atoms with Crippen molar-refractivity contribution in [3.05, 3.63) is 83.9 Å². The third kappa shape index (κ3) is 3.05. The fraction of sp³-hybridized carbons (Fsp3) is 0.143. The first kappa shape index (κ1) is 15.9. The Labute approximate surface area is 152 Å². The van der Waals surface area contributed by atoms with Crippen LogP contribution in [0.3, 0.4) is 0 Å². The Bertz CT molecular complexity index is 880. The SMILES string of the molecule is COc1ccc(C2(Cc3ccccc3)Nc3ccc(N)cc3S2)cc1. The molecule has 0 bridgehead atoms. The summed E-state index contributed by atoms with van der Waals surface area (Å²) in [6.45, 7) is 0. The third-order valence-electron chi connectivity index (χ3n) is 4.48. The van der Waals surface area contributed by atoms with E-state index in [2.05, 4.69) is 47.8 Å². The molecule has 4 heteroatoms. The standard InChI is InChI=1S/C21H20N2OS/c1-24-18-10-7-16(8-11-18)21(14-15-5-3-2-4-6-15)23-19-12-9-17(22)13-20(19)25-21/h2-13,23H,14,22H2,1H3. The second-order valence-corrected chi connectivity index (χ2v) is 7.54. The molecule has 1 atom stereocenters. The second-order valence-electron chi connectivity index (χ2n) is 6.20. The van der Waals surface area contributed by atoms with Crippen LogP contribution in [0.1, 0.15) is 11.1 Å². The summed E-state index contributed by atoms with van der Waals surface area (Å²) in [6.07, 6.45) is 0.874. The minimum Gasteiger partial charge on any atom is -0.497 e. The van der Waals surface area contributed by atoms with Crippen LogP contribution in [-0.2, 0) is 11.3 Å². The van der Waals surface area contributed by atoms with Crippen LogP contribution in [0.2, 0.25) is 0 Å². The molecule has 0 aromatic heterocycles. The molecule has 0 radical (unpaired) electrons. The first-order valence-corrected chi connectivity index (χ1v) is 9.05. The predicted octanol–water partition coefficient (Wildman–Crippen LogP) is 4.89. The Balaban J connectivity index is 1.76. The monoisotopic (exact) mass is 348 g/mol. The van der Waals surface area contributed by atoms with Crippen molar-refractivity contribution < 1.29 is 4.74 Å². The van der Waals surface area contributed by atoms with Gasteiger partial charge in [-0.1, -0.05) is 54.2 Å². The molecule has 1 aliphatic rings. The smallest absolute Gasteiger partial charge is 0.118 e. The number of methoxy groups -OCH3 is 1. The second kappa shape index (κ2) is 6.37. The Morgan fingerprint density at radius 1 is 1.00 bits per heavy atom. The maximum absolute atomic E-state index is 5.99. The summed E-state index contributed by atoms with van der Waals surface area (Å²) < 4.78 is 5.32. The number of fused-ring (bicyclic) bond motifs is 1. The average molecular weight is 348 g/mol. The molecule has 0 saturated carbocycles. The Morgan fingerprint density at radius 3 is 2.48 bits per heavy atom. The molecule has 1 unspecified atom stereocenters. The predicted molar refractivity (Wildman–Crippen MR) is 105 cm³/mol. The van der Waals surface area contributed by atoms with Crippen LogP contribution in [0.5, 0.6) is 5.75 Å². The molecule has 3 N–H and O–H groups in total. The van der Waals surface area contributed by atoms with Crippen molar-refractivity contribution in [2.45, 2.75) is 16.2 Å². The largest absolute Gasteiger partial charge is 0.497 e. The lowest BCUT2D eigenvalue weighted by molar-refractivity contribution is 0.414. The molecule has 3 aromatic carbocycles. The molecule has 126 valence electrons. The van der Waals surface area contributed by atoms with Crippen LogP contribution in [0.15, 0.2) is 77.7 Å². The van der Waals surface area contributed by atoms with Gasteiger partial charge in [0.15, 0.2) is 0 Å². The lowest BCUT2D eigenvalue weighted by Crippen LogP contribution is -2.30. The fourth-order valence-corrected chi connectivity index (χ4v) is 4.67. The van der Waals surface area contributed by atoms with Gasteiger partial charge in [-0.2, -0.15) is 0 Å². The third-order valence-corrected chi connectivity index (χ3v) is 5.87. The molecule has 3 aromatic rings. The zero-order chi connectivity index (χ0) is 17.3. The van der Waals surface area contributed by atoms with Crippen LogP contribution in [-0.4, -0.2) is 7.11 Å². The van der Waals surface area contributed by atoms with Gasteiger partial charge >= 0.3 is 0 Å². The maximum Gasteiger partial charge on any atom is 0.118 e. The lowest BCUT2D eigenvalue weighted by atomic mass is 9.97. The number of benzene rings is 3. The van der Waals surface area contributed by atoms with Crippen molar-refractivity contribution in [2.24, 2.45) is 0 Å². The Hall–Kier alpha value is -2.59. The highest BCUT2D eigenvalue weighted by atomic mass is 32.2. The number of rotatable bonds is 4. The quantitative estimate of drug-likeness (QED) is 0.659. The van der Waals surface area contributed by atoms with E-state index in [4.69, 9.17) is 10.5 Å². The van der Waals surface area contributed by atoms with Crippen molar-refractivity contribution in [1.29, 1.82) is 0 Å². The topological polar surface area (TPSA) is 47.3 Å². The van der Waals surface area contributed by atoms with E-state index in [-0.39, 0.29) is 4.87 Å². The van der Waals surface area contributed by atoms with Gasteiger partial charge in [0.25, 0.3) is 0 Å². The summed E-state index contributed by atoms with van der Waals surface area (Å²) in [7, 11) is 1.69. The van der Waals surface area contributed by atoms with Gasteiger partial charge in [-0.15, -0.1) is 0 Å². The van der Waals surface area contributed by atoms with E-state index >= 15 is 0 Å². The van der Waals surface area contributed by atoms with E-state index in [9.17, 15) is 0 Å².